The van der Waals surface area contributed by atoms with Gasteiger partial charge in [0.1, 0.15) is 0 Å². The van der Waals surface area contributed by atoms with Crippen LogP contribution < -0.4 is 11.0 Å². The SMILES string of the molecule is O=C(CBr)Nc1cc2[nH]c(=O)[nH]c2cc1Br. The smallest absolute Gasteiger partial charge is 0.323 e. The van der Waals surface area contributed by atoms with Crippen molar-refractivity contribution in [3.8, 4) is 0 Å². The maximum atomic E-state index is 11.2. The molecule has 0 fully saturated rings. The lowest BCUT2D eigenvalue weighted by Gasteiger charge is -2.05. The zero-order chi connectivity index (χ0) is 11.7. The van der Waals surface area contributed by atoms with Crippen molar-refractivity contribution in [2.24, 2.45) is 0 Å². The number of anilines is 1. The molecule has 2 aromatic rings. The van der Waals surface area contributed by atoms with E-state index < -0.39 is 0 Å². The zero-order valence-electron chi connectivity index (χ0n) is 7.93. The molecule has 1 aromatic heterocycles. The van der Waals surface area contributed by atoms with Gasteiger partial charge in [0.05, 0.1) is 22.1 Å². The van der Waals surface area contributed by atoms with E-state index in [1.54, 1.807) is 12.1 Å². The number of benzene rings is 1. The predicted molar refractivity (Wildman–Crippen MR) is 69.0 cm³/mol. The number of rotatable bonds is 2. The Morgan fingerprint density at radius 2 is 1.94 bits per heavy atom. The first-order chi connectivity index (χ1) is 7.60. The summed E-state index contributed by atoms with van der Waals surface area (Å²) in [6, 6.07) is 3.43. The summed E-state index contributed by atoms with van der Waals surface area (Å²) in [6.07, 6.45) is 0. The molecule has 84 valence electrons. The van der Waals surface area contributed by atoms with E-state index in [9.17, 15) is 9.59 Å². The van der Waals surface area contributed by atoms with E-state index in [-0.39, 0.29) is 16.9 Å². The van der Waals surface area contributed by atoms with Crippen molar-refractivity contribution in [2.45, 2.75) is 0 Å². The highest BCUT2D eigenvalue weighted by atomic mass is 79.9. The molecule has 2 rings (SSSR count). The summed E-state index contributed by atoms with van der Waals surface area (Å²) in [5.41, 5.74) is 1.69. The van der Waals surface area contributed by atoms with Crippen LogP contribution in [0.15, 0.2) is 21.4 Å². The predicted octanol–water partition coefficient (Wildman–Crippen LogP) is 1.95. The van der Waals surface area contributed by atoms with Crippen molar-refractivity contribution in [1.29, 1.82) is 0 Å². The lowest BCUT2D eigenvalue weighted by molar-refractivity contribution is -0.113. The number of hydrogen-bond acceptors (Lipinski definition) is 2. The Morgan fingerprint density at radius 3 is 2.56 bits per heavy atom. The Bertz CT molecular complexity index is 602. The minimum absolute atomic E-state index is 0.155. The molecule has 0 bridgehead atoms. The summed E-state index contributed by atoms with van der Waals surface area (Å²) in [5.74, 6) is -0.155. The van der Waals surface area contributed by atoms with Gasteiger partial charge in [-0.1, -0.05) is 15.9 Å². The topological polar surface area (TPSA) is 77.8 Å². The van der Waals surface area contributed by atoms with Crippen LogP contribution in [0.2, 0.25) is 0 Å². The summed E-state index contributed by atoms with van der Waals surface area (Å²) < 4.78 is 0.713. The largest absolute Gasteiger partial charge is 0.324 e. The van der Waals surface area contributed by atoms with Crippen LogP contribution in [0.1, 0.15) is 0 Å². The van der Waals surface area contributed by atoms with Crippen LogP contribution >= 0.6 is 31.9 Å². The molecule has 0 aliphatic rings. The summed E-state index contributed by atoms with van der Waals surface area (Å²) in [4.78, 5) is 27.5. The van der Waals surface area contributed by atoms with Crippen molar-refractivity contribution in [2.75, 3.05) is 10.6 Å². The Labute approximate surface area is 107 Å². The summed E-state index contributed by atoms with van der Waals surface area (Å²) in [5, 5.41) is 2.92. The van der Waals surface area contributed by atoms with Crippen molar-refractivity contribution in [1.82, 2.24) is 9.97 Å². The number of carbonyl (C=O) groups excluding carboxylic acids is 1. The number of aromatic nitrogens is 2. The molecule has 1 heterocycles. The molecule has 0 radical (unpaired) electrons. The van der Waals surface area contributed by atoms with E-state index in [1.165, 1.54) is 0 Å². The second-order valence-corrected chi connectivity index (χ2v) is 4.55. The van der Waals surface area contributed by atoms with Crippen LogP contribution in [-0.4, -0.2) is 21.2 Å². The maximum Gasteiger partial charge on any atom is 0.323 e. The third-order valence-electron chi connectivity index (χ3n) is 2.00. The molecule has 0 atom stereocenters. The molecule has 0 spiro atoms. The van der Waals surface area contributed by atoms with E-state index in [0.717, 1.165) is 0 Å². The van der Waals surface area contributed by atoms with Gasteiger partial charge in [-0.15, -0.1) is 0 Å². The minimum Gasteiger partial charge on any atom is -0.324 e. The van der Waals surface area contributed by atoms with Gasteiger partial charge in [0, 0.05) is 4.47 Å². The number of carbonyl (C=O) groups is 1. The number of H-pyrrole nitrogens is 2. The van der Waals surface area contributed by atoms with Gasteiger partial charge in [-0.05, 0) is 28.1 Å². The molecule has 0 unspecified atom stereocenters. The fraction of sp³-hybridized carbons (Fsp3) is 0.111. The van der Waals surface area contributed by atoms with Crippen molar-refractivity contribution < 1.29 is 4.79 Å². The molecular formula is C9H7Br2N3O2. The fourth-order valence-corrected chi connectivity index (χ4v) is 1.92. The highest BCUT2D eigenvalue weighted by Gasteiger charge is 2.07. The van der Waals surface area contributed by atoms with Gasteiger partial charge in [-0.2, -0.15) is 0 Å². The second kappa shape index (κ2) is 4.42. The standard InChI is InChI=1S/C9H7Br2N3O2/c10-3-8(15)12-5-2-7-6(1-4(5)11)13-9(16)14-7/h1-2H,3H2,(H,12,15)(H2,13,14,16). The molecule has 16 heavy (non-hydrogen) atoms. The number of nitrogens with one attached hydrogen (secondary N) is 3. The van der Waals surface area contributed by atoms with Gasteiger partial charge in [0.25, 0.3) is 0 Å². The molecule has 7 heteroatoms. The fourth-order valence-electron chi connectivity index (χ4n) is 1.34. The van der Waals surface area contributed by atoms with E-state index in [2.05, 4.69) is 47.1 Å². The first-order valence-corrected chi connectivity index (χ1v) is 6.29. The number of aromatic amines is 2. The lowest BCUT2D eigenvalue weighted by atomic mass is 10.3. The van der Waals surface area contributed by atoms with Gasteiger partial charge in [0.2, 0.25) is 5.91 Å². The van der Waals surface area contributed by atoms with Gasteiger partial charge < -0.3 is 15.3 Å². The van der Waals surface area contributed by atoms with Crippen LogP contribution in [0.3, 0.4) is 0 Å². The number of imidazole rings is 1. The molecule has 0 saturated heterocycles. The first-order valence-electron chi connectivity index (χ1n) is 4.37. The van der Waals surface area contributed by atoms with Gasteiger partial charge in [-0.3, -0.25) is 4.79 Å². The lowest BCUT2D eigenvalue weighted by Crippen LogP contribution is -2.12. The Kier molecular flexibility index (Phi) is 3.15. The molecule has 0 saturated carbocycles. The summed E-state index contributed by atoms with van der Waals surface area (Å²) >= 11 is 6.38. The maximum absolute atomic E-state index is 11.2. The Morgan fingerprint density at radius 1 is 1.31 bits per heavy atom. The van der Waals surface area contributed by atoms with E-state index in [4.69, 9.17) is 0 Å². The average Bonchev–Trinajstić information content (AvgIpc) is 2.58. The molecular weight excluding hydrogens is 342 g/mol. The van der Waals surface area contributed by atoms with Crippen LogP contribution in [-0.2, 0) is 4.79 Å². The van der Waals surface area contributed by atoms with E-state index in [0.29, 0.717) is 21.2 Å². The molecule has 1 amide bonds. The number of alkyl halides is 1. The summed E-state index contributed by atoms with van der Waals surface area (Å²) in [6.45, 7) is 0. The zero-order valence-corrected chi connectivity index (χ0v) is 11.1. The second-order valence-electron chi connectivity index (χ2n) is 3.14. The number of amides is 1. The van der Waals surface area contributed by atoms with E-state index >= 15 is 0 Å². The van der Waals surface area contributed by atoms with Crippen LogP contribution in [0.4, 0.5) is 5.69 Å². The van der Waals surface area contributed by atoms with Crippen molar-refractivity contribution >= 4 is 54.5 Å². The first kappa shape index (κ1) is 11.4. The third-order valence-corrected chi connectivity index (χ3v) is 3.16. The van der Waals surface area contributed by atoms with Gasteiger partial charge in [0.15, 0.2) is 0 Å². The molecule has 0 aliphatic heterocycles. The van der Waals surface area contributed by atoms with Gasteiger partial charge >= 0.3 is 5.69 Å². The van der Waals surface area contributed by atoms with E-state index in [1.807, 2.05) is 0 Å². The van der Waals surface area contributed by atoms with Crippen molar-refractivity contribution in [3.05, 3.63) is 27.1 Å². The van der Waals surface area contributed by atoms with Crippen molar-refractivity contribution in [3.63, 3.8) is 0 Å². The normalized spacial score (nSPS) is 10.6. The number of fused-ring (bicyclic) bond motifs is 1. The highest BCUT2D eigenvalue weighted by Crippen LogP contribution is 2.26. The number of hydrogen-bond donors (Lipinski definition) is 3. The third kappa shape index (κ3) is 2.19. The minimum atomic E-state index is -0.272. The molecule has 5 nitrogen and oxygen atoms in total. The quantitative estimate of drug-likeness (QED) is 0.725. The molecule has 0 aliphatic carbocycles. The molecule has 3 N–H and O–H groups in total. The Hall–Kier alpha value is -1.08. The highest BCUT2D eigenvalue weighted by molar-refractivity contribution is 9.10. The monoisotopic (exact) mass is 347 g/mol. The summed E-state index contributed by atoms with van der Waals surface area (Å²) in [7, 11) is 0. The Balaban J connectivity index is 2.49. The number of halogens is 2. The van der Waals surface area contributed by atoms with Crippen LogP contribution in [0.5, 0.6) is 0 Å². The van der Waals surface area contributed by atoms with Crippen LogP contribution in [0, 0.1) is 0 Å². The average molecular weight is 349 g/mol. The molecule has 1 aromatic carbocycles. The van der Waals surface area contributed by atoms with Gasteiger partial charge in [-0.25, -0.2) is 4.79 Å². The van der Waals surface area contributed by atoms with Crippen LogP contribution in [0.25, 0.3) is 11.0 Å².